The summed E-state index contributed by atoms with van der Waals surface area (Å²) in [6, 6.07) is 7.07. The van der Waals surface area contributed by atoms with Crippen LogP contribution in [0.1, 0.15) is 30.3 Å². The lowest BCUT2D eigenvalue weighted by atomic mass is 10.1. The molecule has 0 radical (unpaired) electrons. The van der Waals surface area contributed by atoms with Crippen LogP contribution in [-0.4, -0.2) is 49.2 Å². The number of carboxylic acid groups (broad SMARTS) is 1. The van der Waals surface area contributed by atoms with Crippen LogP contribution in [0, 0.1) is 5.92 Å². The van der Waals surface area contributed by atoms with E-state index in [4.69, 9.17) is 5.11 Å². The molecule has 1 aliphatic rings. The van der Waals surface area contributed by atoms with Crippen molar-refractivity contribution in [2.75, 3.05) is 6.54 Å². The minimum atomic E-state index is -0.901. The van der Waals surface area contributed by atoms with Crippen molar-refractivity contribution in [3.63, 3.8) is 0 Å². The highest BCUT2D eigenvalue weighted by atomic mass is 16.4. The highest BCUT2D eigenvalue weighted by Crippen LogP contribution is 2.29. The van der Waals surface area contributed by atoms with Gasteiger partial charge in [-0.15, -0.1) is 0 Å². The molecule has 2 aromatic heterocycles. The third kappa shape index (κ3) is 3.39. The van der Waals surface area contributed by atoms with Crippen LogP contribution in [0.4, 0.5) is 0 Å². The molecule has 0 aromatic carbocycles. The largest absolute Gasteiger partial charge is 0.481 e. The van der Waals surface area contributed by atoms with Gasteiger partial charge in [0.15, 0.2) is 5.82 Å². The molecule has 7 nitrogen and oxygen atoms in total. The first-order chi connectivity index (χ1) is 11.1. The molecule has 3 rings (SSSR count). The summed E-state index contributed by atoms with van der Waals surface area (Å²) in [7, 11) is 0. The van der Waals surface area contributed by atoms with Gasteiger partial charge in [-0.25, -0.2) is 9.67 Å². The van der Waals surface area contributed by atoms with Gasteiger partial charge in [-0.1, -0.05) is 13.0 Å². The number of hydrogen-bond acceptors (Lipinski definition) is 4. The minimum absolute atomic E-state index is 0.124. The smallest absolute Gasteiger partial charge is 0.308 e. The van der Waals surface area contributed by atoms with E-state index in [2.05, 4.69) is 10.1 Å². The molecule has 1 N–H and O–H groups in total. The molecule has 7 heteroatoms. The van der Waals surface area contributed by atoms with E-state index >= 15 is 0 Å². The lowest BCUT2D eigenvalue weighted by Gasteiger charge is -2.24. The number of hydrogen-bond donors (Lipinski definition) is 1. The van der Waals surface area contributed by atoms with Gasteiger partial charge in [0.25, 0.3) is 5.91 Å². The predicted octanol–water partition coefficient (Wildman–Crippen LogP) is 1.59. The van der Waals surface area contributed by atoms with Crippen LogP contribution in [0.3, 0.4) is 0 Å². The molecule has 1 saturated carbocycles. The molecule has 0 spiro atoms. The van der Waals surface area contributed by atoms with Crippen LogP contribution >= 0.6 is 0 Å². The second kappa shape index (κ2) is 6.20. The van der Waals surface area contributed by atoms with Crippen LogP contribution in [0.25, 0.3) is 5.82 Å². The zero-order valence-corrected chi connectivity index (χ0v) is 12.8. The Morgan fingerprint density at radius 1 is 1.39 bits per heavy atom. The molecular weight excluding hydrogens is 296 g/mol. The zero-order chi connectivity index (χ0) is 16.4. The topological polar surface area (TPSA) is 88.3 Å². The second-order valence-corrected chi connectivity index (χ2v) is 5.76. The lowest BCUT2D eigenvalue weighted by molar-refractivity contribution is -0.141. The predicted molar refractivity (Wildman–Crippen MR) is 82.2 cm³/mol. The summed E-state index contributed by atoms with van der Waals surface area (Å²) in [5.41, 5.74) is 0.308. The van der Waals surface area contributed by atoms with Crippen molar-refractivity contribution in [3.05, 3.63) is 42.4 Å². The van der Waals surface area contributed by atoms with Crippen molar-refractivity contribution in [1.82, 2.24) is 19.7 Å². The third-order valence-electron chi connectivity index (χ3n) is 3.83. The SMILES string of the molecule is CC(CN(C(=O)c1cccc(-n2cccn2)n1)C1CC1)C(=O)O. The second-order valence-electron chi connectivity index (χ2n) is 5.76. The van der Waals surface area contributed by atoms with Gasteiger partial charge in [-0.05, 0) is 31.0 Å². The van der Waals surface area contributed by atoms with E-state index < -0.39 is 11.9 Å². The molecule has 0 aliphatic heterocycles. The Bertz CT molecular complexity index is 710. The molecule has 23 heavy (non-hydrogen) atoms. The molecule has 0 saturated heterocycles. The number of amides is 1. The summed E-state index contributed by atoms with van der Waals surface area (Å²) in [5, 5.41) is 13.2. The number of aromatic nitrogens is 3. The van der Waals surface area contributed by atoms with Crippen LogP contribution in [-0.2, 0) is 4.79 Å². The summed E-state index contributed by atoms with van der Waals surface area (Å²) in [5.74, 6) is -1.17. The van der Waals surface area contributed by atoms with E-state index in [1.807, 2.05) is 0 Å². The van der Waals surface area contributed by atoms with Crippen molar-refractivity contribution < 1.29 is 14.7 Å². The van der Waals surface area contributed by atoms with E-state index in [-0.39, 0.29) is 18.5 Å². The summed E-state index contributed by atoms with van der Waals surface area (Å²) >= 11 is 0. The lowest BCUT2D eigenvalue weighted by Crippen LogP contribution is -2.39. The van der Waals surface area contributed by atoms with E-state index in [1.165, 1.54) is 0 Å². The van der Waals surface area contributed by atoms with Crippen molar-refractivity contribution >= 4 is 11.9 Å². The Labute approximate surface area is 133 Å². The number of aliphatic carboxylic acids is 1. The van der Waals surface area contributed by atoms with Crippen molar-refractivity contribution in [1.29, 1.82) is 0 Å². The Balaban J connectivity index is 1.83. The molecule has 2 aromatic rings. The zero-order valence-electron chi connectivity index (χ0n) is 12.8. The number of carbonyl (C=O) groups excluding carboxylic acids is 1. The highest BCUT2D eigenvalue weighted by molar-refractivity contribution is 5.93. The van der Waals surface area contributed by atoms with Gasteiger partial charge in [-0.2, -0.15) is 5.10 Å². The Kier molecular flexibility index (Phi) is 4.10. The van der Waals surface area contributed by atoms with Gasteiger partial charge in [0.1, 0.15) is 5.69 Å². The maximum absolute atomic E-state index is 12.7. The average molecular weight is 314 g/mol. The van der Waals surface area contributed by atoms with Gasteiger partial charge in [-0.3, -0.25) is 9.59 Å². The number of carboxylic acids is 1. The number of carbonyl (C=O) groups is 2. The highest BCUT2D eigenvalue weighted by Gasteiger charge is 2.35. The van der Waals surface area contributed by atoms with E-state index in [9.17, 15) is 9.59 Å². The molecule has 1 aliphatic carbocycles. The van der Waals surface area contributed by atoms with E-state index in [0.717, 1.165) is 12.8 Å². The van der Waals surface area contributed by atoms with E-state index in [0.29, 0.717) is 11.5 Å². The number of nitrogens with zero attached hydrogens (tertiary/aromatic N) is 4. The van der Waals surface area contributed by atoms with Crippen LogP contribution in [0.5, 0.6) is 0 Å². The summed E-state index contributed by atoms with van der Waals surface area (Å²) in [6.45, 7) is 1.81. The average Bonchev–Trinajstić information content (AvgIpc) is 3.24. The van der Waals surface area contributed by atoms with Crippen molar-refractivity contribution in [2.45, 2.75) is 25.8 Å². The number of pyridine rings is 1. The molecule has 1 unspecified atom stereocenters. The van der Waals surface area contributed by atoms with Crippen LogP contribution < -0.4 is 0 Å². The summed E-state index contributed by atoms with van der Waals surface area (Å²) in [4.78, 5) is 29.8. The molecule has 1 atom stereocenters. The van der Waals surface area contributed by atoms with Gasteiger partial charge in [0.2, 0.25) is 0 Å². The fourth-order valence-corrected chi connectivity index (χ4v) is 2.38. The molecule has 1 fully saturated rings. The van der Waals surface area contributed by atoms with Crippen LogP contribution in [0.2, 0.25) is 0 Å². The first kappa shape index (κ1) is 15.2. The minimum Gasteiger partial charge on any atom is -0.481 e. The maximum Gasteiger partial charge on any atom is 0.308 e. The monoisotopic (exact) mass is 314 g/mol. The molecule has 1 amide bonds. The Morgan fingerprint density at radius 2 is 2.17 bits per heavy atom. The third-order valence-corrected chi connectivity index (χ3v) is 3.83. The maximum atomic E-state index is 12.7. The molecule has 2 heterocycles. The quantitative estimate of drug-likeness (QED) is 0.875. The van der Waals surface area contributed by atoms with Gasteiger partial charge >= 0.3 is 5.97 Å². The van der Waals surface area contributed by atoms with Gasteiger partial charge in [0, 0.05) is 25.0 Å². The first-order valence-electron chi connectivity index (χ1n) is 7.57. The Hall–Kier alpha value is -2.70. The summed E-state index contributed by atoms with van der Waals surface area (Å²) in [6.07, 6.45) is 5.22. The Morgan fingerprint density at radius 3 is 2.78 bits per heavy atom. The fourth-order valence-electron chi connectivity index (χ4n) is 2.38. The number of rotatable bonds is 6. The molecule has 120 valence electrons. The molecule has 0 bridgehead atoms. The van der Waals surface area contributed by atoms with Gasteiger partial charge in [0.05, 0.1) is 5.92 Å². The van der Waals surface area contributed by atoms with Crippen molar-refractivity contribution in [2.24, 2.45) is 5.92 Å². The van der Waals surface area contributed by atoms with Gasteiger partial charge < -0.3 is 10.0 Å². The normalized spacial score (nSPS) is 15.2. The standard InChI is InChI=1S/C16H18N4O3/c1-11(16(22)23)10-19(12-6-7-12)15(21)13-4-2-5-14(18-13)20-9-3-8-17-20/h2-5,8-9,11-12H,6-7,10H2,1H3,(H,22,23). The van der Waals surface area contributed by atoms with Crippen LogP contribution in [0.15, 0.2) is 36.7 Å². The molecular formula is C16H18N4O3. The first-order valence-corrected chi connectivity index (χ1v) is 7.57. The fraction of sp³-hybridized carbons (Fsp3) is 0.375. The van der Waals surface area contributed by atoms with E-state index in [1.54, 1.807) is 53.2 Å². The summed E-state index contributed by atoms with van der Waals surface area (Å²) < 4.78 is 1.58. The van der Waals surface area contributed by atoms with Crippen molar-refractivity contribution in [3.8, 4) is 5.82 Å².